The Hall–Kier alpha value is -5.02. The van der Waals surface area contributed by atoms with Crippen LogP contribution in [0.1, 0.15) is 17.2 Å². The van der Waals surface area contributed by atoms with Gasteiger partial charge in [-0.2, -0.15) is 39.5 Å². The van der Waals surface area contributed by atoms with Gasteiger partial charge in [0.2, 0.25) is 5.88 Å². The predicted octanol–water partition coefficient (Wildman–Crippen LogP) is 3.61. The number of carbonyl (C=O) groups is 3. The molecule has 22 heteroatoms. The number of pyridine rings is 2. The van der Waals surface area contributed by atoms with Crippen LogP contribution in [0, 0.1) is 0 Å². The Morgan fingerprint density at radius 3 is 1.72 bits per heavy atom. The second kappa shape index (κ2) is 17.5. The highest BCUT2D eigenvalue weighted by atomic mass is 19.4. The van der Waals surface area contributed by atoms with Crippen molar-refractivity contribution in [1.29, 1.82) is 0 Å². The van der Waals surface area contributed by atoms with Crippen molar-refractivity contribution in [3.63, 3.8) is 0 Å². The minimum absolute atomic E-state index is 0.383. The van der Waals surface area contributed by atoms with E-state index in [1.165, 1.54) is 5.56 Å². The Balaban J connectivity index is 0.000000413. The summed E-state index contributed by atoms with van der Waals surface area (Å²) < 4.78 is 103. The summed E-state index contributed by atoms with van der Waals surface area (Å²) in [5, 5.41) is 30.0. The third kappa shape index (κ3) is 15.1. The highest BCUT2D eigenvalue weighted by Crippen LogP contribution is 2.16. The van der Waals surface area contributed by atoms with E-state index in [9.17, 15) is 39.5 Å². The summed E-state index contributed by atoms with van der Waals surface area (Å²) in [5.41, 5.74) is 1.28. The fourth-order valence-electron chi connectivity index (χ4n) is 3.01. The number of halogens is 9. The average Bonchev–Trinajstić information content (AvgIpc) is 3.24. The molecule has 3 aromatic rings. The van der Waals surface area contributed by atoms with Gasteiger partial charge < -0.3 is 24.6 Å². The maximum atomic E-state index is 10.6. The number of hydrogen-bond acceptors (Lipinski definition) is 9. The van der Waals surface area contributed by atoms with Crippen LogP contribution < -0.4 is 4.74 Å². The van der Waals surface area contributed by atoms with Crippen molar-refractivity contribution in [2.45, 2.75) is 44.6 Å². The molecule has 0 radical (unpaired) electrons. The van der Waals surface area contributed by atoms with Crippen LogP contribution in [0.4, 0.5) is 39.5 Å². The number of ether oxygens (including phenoxy) is 1. The molecule has 3 aromatic heterocycles. The number of aliphatic carboxylic acids is 3. The van der Waals surface area contributed by atoms with E-state index in [4.69, 9.17) is 34.4 Å². The number of alkyl halides is 9. The lowest BCUT2D eigenvalue weighted by Gasteiger charge is -2.19. The lowest BCUT2D eigenvalue weighted by atomic mass is 10.2. The number of carboxylic acids is 3. The molecule has 4 rings (SSSR count). The van der Waals surface area contributed by atoms with Crippen molar-refractivity contribution < 1.29 is 74.0 Å². The van der Waals surface area contributed by atoms with Gasteiger partial charge >= 0.3 is 36.4 Å². The number of nitrogens with zero attached hydrogens (tertiary/aromatic N) is 6. The van der Waals surface area contributed by atoms with E-state index in [-0.39, 0.29) is 0 Å². The van der Waals surface area contributed by atoms with Crippen molar-refractivity contribution in [2.75, 3.05) is 13.1 Å². The SMILES string of the molecule is O=C(O)C(F)(F)F.O=C(O)C(F)(F)F.O=C(O)C(F)(F)F.c1ccc(OCc2nnc3n2CCN(Cc2ccncc2)CC3)nc1. The summed E-state index contributed by atoms with van der Waals surface area (Å²) in [6.45, 7) is 4.12. The molecule has 3 N–H and O–H groups in total. The van der Waals surface area contributed by atoms with Crippen molar-refractivity contribution >= 4 is 17.9 Å². The molecule has 4 heterocycles. The van der Waals surface area contributed by atoms with Crippen molar-refractivity contribution in [3.05, 3.63) is 66.1 Å². The number of rotatable bonds is 5. The minimum atomic E-state index is -5.08. The molecule has 0 saturated heterocycles. The van der Waals surface area contributed by atoms with Crippen LogP contribution >= 0.6 is 0 Å². The van der Waals surface area contributed by atoms with Crippen LogP contribution in [0.15, 0.2) is 48.9 Å². The van der Waals surface area contributed by atoms with Crippen LogP contribution in [0.3, 0.4) is 0 Å². The first-order valence-corrected chi connectivity index (χ1v) is 12.2. The lowest BCUT2D eigenvalue weighted by molar-refractivity contribution is -0.193. The standard InChI is InChI=1S/C18H20N6O.3C2HF3O2/c1-2-7-20-18(3-1)25-14-17-22-21-16-6-10-23(11-12-24(16)17)13-15-4-8-19-9-5-15;3*3-2(4,5)1(6)7/h1-5,7-9H,6,10-14H2;3*(H,6,7). The fourth-order valence-corrected chi connectivity index (χ4v) is 3.01. The molecular formula is C24H23F9N6O7. The maximum absolute atomic E-state index is 10.6. The summed E-state index contributed by atoms with van der Waals surface area (Å²) >= 11 is 0. The van der Waals surface area contributed by atoms with E-state index >= 15 is 0 Å². The molecule has 1 aliphatic rings. The molecule has 0 spiro atoms. The molecule has 0 aliphatic carbocycles. The summed E-state index contributed by atoms with van der Waals surface area (Å²) in [7, 11) is 0. The molecule has 0 amide bonds. The molecule has 46 heavy (non-hydrogen) atoms. The molecule has 0 bridgehead atoms. The van der Waals surface area contributed by atoms with Gasteiger partial charge in [-0.15, -0.1) is 10.2 Å². The van der Waals surface area contributed by atoms with Gasteiger partial charge in [-0.3, -0.25) is 9.88 Å². The zero-order valence-corrected chi connectivity index (χ0v) is 22.9. The molecular weight excluding hydrogens is 655 g/mol. The van der Waals surface area contributed by atoms with Gasteiger partial charge in [-0.25, -0.2) is 19.4 Å². The van der Waals surface area contributed by atoms with E-state index in [0.717, 1.165) is 44.2 Å². The number of aromatic nitrogens is 5. The van der Waals surface area contributed by atoms with Gasteiger partial charge in [0.25, 0.3) is 0 Å². The van der Waals surface area contributed by atoms with Crippen LogP contribution in [-0.2, 0) is 40.5 Å². The Bertz CT molecular complexity index is 1330. The van der Waals surface area contributed by atoms with Crippen molar-refractivity contribution in [2.24, 2.45) is 0 Å². The summed E-state index contributed by atoms with van der Waals surface area (Å²) in [4.78, 5) is 37.4. The normalized spacial score (nSPS) is 13.2. The van der Waals surface area contributed by atoms with Crippen LogP contribution in [0.25, 0.3) is 0 Å². The Morgan fingerprint density at radius 1 is 0.739 bits per heavy atom. The third-order valence-corrected chi connectivity index (χ3v) is 5.07. The molecule has 0 atom stereocenters. The van der Waals surface area contributed by atoms with E-state index in [1.54, 1.807) is 6.20 Å². The predicted molar refractivity (Wildman–Crippen MR) is 133 cm³/mol. The average molecular weight is 678 g/mol. The van der Waals surface area contributed by atoms with Gasteiger partial charge in [0.15, 0.2) is 5.82 Å². The largest absolute Gasteiger partial charge is 0.490 e. The quantitative estimate of drug-likeness (QED) is 0.334. The van der Waals surface area contributed by atoms with Crippen LogP contribution in [0.2, 0.25) is 0 Å². The first-order valence-electron chi connectivity index (χ1n) is 12.2. The van der Waals surface area contributed by atoms with E-state index in [2.05, 4.69) is 41.8 Å². The van der Waals surface area contributed by atoms with Gasteiger partial charge in [-0.1, -0.05) is 6.07 Å². The van der Waals surface area contributed by atoms with E-state index < -0.39 is 36.4 Å². The van der Waals surface area contributed by atoms with Gasteiger partial charge in [0, 0.05) is 57.3 Å². The maximum Gasteiger partial charge on any atom is 0.490 e. The highest BCUT2D eigenvalue weighted by molar-refractivity contribution is 5.73. The van der Waals surface area contributed by atoms with Gasteiger partial charge in [0.05, 0.1) is 0 Å². The molecule has 0 unspecified atom stereocenters. The van der Waals surface area contributed by atoms with Crippen LogP contribution in [-0.4, -0.2) is 94.5 Å². The highest BCUT2D eigenvalue weighted by Gasteiger charge is 2.39. The van der Waals surface area contributed by atoms with Crippen molar-refractivity contribution in [1.82, 2.24) is 29.6 Å². The smallest absolute Gasteiger partial charge is 0.475 e. The molecule has 0 aromatic carbocycles. The summed E-state index contributed by atoms with van der Waals surface area (Å²) in [6, 6.07) is 9.75. The number of hydrogen-bond donors (Lipinski definition) is 3. The Labute approximate surface area is 251 Å². The molecule has 254 valence electrons. The molecule has 13 nitrogen and oxygen atoms in total. The Morgan fingerprint density at radius 2 is 1.26 bits per heavy atom. The fraction of sp³-hybridized carbons (Fsp3) is 0.375. The first kappa shape index (κ1) is 39.0. The summed E-state index contributed by atoms with van der Waals surface area (Å²) in [6.07, 6.45) is -8.96. The van der Waals surface area contributed by atoms with E-state index in [1.807, 2.05) is 30.6 Å². The third-order valence-electron chi connectivity index (χ3n) is 5.07. The monoisotopic (exact) mass is 678 g/mol. The molecule has 1 aliphatic heterocycles. The van der Waals surface area contributed by atoms with Gasteiger partial charge in [-0.05, 0) is 23.8 Å². The topological polar surface area (TPSA) is 181 Å². The molecule has 0 saturated carbocycles. The zero-order chi connectivity index (χ0) is 35.1. The lowest BCUT2D eigenvalue weighted by Crippen LogP contribution is -2.26. The first-order chi connectivity index (χ1) is 21.2. The second-order valence-electron chi connectivity index (χ2n) is 8.43. The summed E-state index contributed by atoms with van der Waals surface area (Å²) in [5.74, 6) is -5.79. The number of fused-ring (bicyclic) bond motifs is 1. The minimum Gasteiger partial charge on any atom is -0.475 e. The Kier molecular flexibility index (Phi) is 14.8. The second-order valence-corrected chi connectivity index (χ2v) is 8.43. The van der Waals surface area contributed by atoms with Crippen molar-refractivity contribution in [3.8, 4) is 5.88 Å². The zero-order valence-electron chi connectivity index (χ0n) is 22.9. The molecule has 0 fully saturated rings. The van der Waals surface area contributed by atoms with E-state index in [0.29, 0.717) is 12.5 Å². The van der Waals surface area contributed by atoms with Gasteiger partial charge in [0.1, 0.15) is 12.4 Å². The van der Waals surface area contributed by atoms with Crippen LogP contribution in [0.5, 0.6) is 5.88 Å². The number of carboxylic acid groups (broad SMARTS) is 3.